The van der Waals surface area contributed by atoms with Crippen LogP contribution in [0.4, 0.5) is 17.1 Å². The van der Waals surface area contributed by atoms with Crippen molar-refractivity contribution in [1.82, 2.24) is 0 Å². The number of epoxide rings is 4. The van der Waals surface area contributed by atoms with Crippen molar-refractivity contribution in [3.05, 3.63) is 51.6 Å². The van der Waals surface area contributed by atoms with Crippen LogP contribution in [0.25, 0.3) is 0 Å². The van der Waals surface area contributed by atoms with E-state index in [1.807, 2.05) is 30.0 Å². The Kier molecular flexibility index (Phi) is 5.72. The molecule has 0 aliphatic carbocycles. The number of rotatable bonds is 10. The number of amides is 1. The van der Waals surface area contributed by atoms with Crippen LogP contribution in [-0.2, 0) is 38.2 Å². The van der Waals surface area contributed by atoms with Crippen molar-refractivity contribution < 1.29 is 23.7 Å². The lowest BCUT2D eigenvalue weighted by molar-refractivity contribution is 0.0982. The van der Waals surface area contributed by atoms with Crippen molar-refractivity contribution in [1.29, 1.82) is 0 Å². The second kappa shape index (κ2) is 8.78. The molecule has 4 fully saturated rings. The SMILES string of the molecule is Cc1cc(N(CC2CO2)C(=O)c2c(CC3CO3)c(C)c(CC3CO3)c(N)c2CC2CO2)ccc1N. The van der Waals surface area contributed by atoms with Crippen LogP contribution < -0.4 is 16.4 Å². The molecule has 2 aromatic carbocycles. The van der Waals surface area contributed by atoms with Crippen LogP contribution in [0.1, 0.15) is 38.2 Å². The van der Waals surface area contributed by atoms with Crippen LogP contribution in [0.5, 0.6) is 0 Å². The smallest absolute Gasteiger partial charge is 0.259 e. The molecule has 0 radical (unpaired) electrons. The van der Waals surface area contributed by atoms with E-state index >= 15 is 0 Å². The summed E-state index contributed by atoms with van der Waals surface area (Å²) in [5, 5.41) is 0. The molecule has 0 bridgehead atoms. The lowest BCUT2D eigenvalue weighted by Crippen LogP contribution is -2.36. The minimum Gasteiger partial charge on any atom is -0.399 e. The van der Waals surface area contributed by atoms with E-state index in [1.165, 1.54) is 0 Å². The van der Waals surface area contributed by atoms with E-state index in [1.54, 1.807) is 0 Å². The lowest BCUT2D eigenvalue weighted by Gasteiger charge is -2.28. The molecule has 1 amide bonds. The number of benzene rings is 2. The third-order valence-corrected chi connectivity index (χ3v) is 7.47. The van der Waals surface area contributed by atoms with Crippen molar-refractivity contribution in [2.45, 2.75) is 57.5 Å². The average molecular weight is 480 g/mol. The molecule has 4 saturated heterocycles. The minimum absolute atomic E-state index is 0.0342. The van der Waals surface area contributed by atoms with E-state index in [4.69, 9.17) is 30.4 Å². The first-order valence-electron chi connectivity index (χ1n) is 12.5. The third-order valence-electron chi connectivity index (χ3n) is 7.47. The monoisotopic (exact) mass is 479 g/mol. The Morgan fingerprint density at radius 1 is 0.857 bits per heavy atom. The molecule has 35 heavy (non-hydrogen) atoms. The fourth-order valence-electron chi connectivity index (χ4n) is 4.95. The third kappa shape index (κ3) is 4.89. The molecule has 0 spiro atoms. The molecule has 0 aromatic heterocycles. The maximum absolute atomic E-state index is 14.5. The van der Waals surface area contributed by atoms with Gasteiger partial charge in [0.05, 0.1) is 57.4 Å². The number of nitrogens with zero attached hydrogens (tertiary/aromatic N) is 1. The highest BCUT2D eigenvalue weighted by molar-refractivity contribution is 6.09. The van der Waals surface area contributed by atoms with Gasteiger partial charge < -0.3 is 35.3 Å². The fraction of sp³-hybridized carbons (Fsp3) is 0.519. The van der Waals surface area contributed by atoms with E-state index < -0.39 is 0 Å². The standard InChI is InChI=1S/C27H33N3O5/c1-14-5-16(3-4-24(14)28)30(9-20-13-35-20)27(31)25-21(6-17-10-32-17)15(2)22(7-18-11-33-18)26(29)23(25)8-19-12-34-19/h3-5,17-20H,6-13,28-29H2,1-2H3. The van der Waals surface area contributed by atoms with Gasteiger partial charge in [-0.3, -0.25) is 4.79 Å². The number of aryl methyl sites for hydroxylation is 1. The van der Waals surface area contributed by atoms with Crippen LogP contribution in [0, 0.1) is 13.8 Å². The van der Waals surface area contributed by atoms with E-state index in [0.29, 0.717) is 49.5 Å². The van der Waals surface area contributed by atoms with E-state index in [2.05, 4.69) is 6.92 Å². The van der Waals surface area contributed by atoms with Crippen LogP contribution in [0.15, 0.2) is 18.2 Å². The summed E-state index contributed by atoms with van der Waals surface area (Å²) in [6.07, 6.45) is 2.55. The first-order chi connectivity index (χ1) is 16.9. The van der Waals surface area contributed by atoms with Gasteiger partial charge >= 0.3 is 0 Å². The second-order valence-electron chi connectivity index (χ2n) is 10.2. The summed E-state index contributed by atoms with van der Waals surface area (Å²) in [6, 6.07) is 5.73. The molecule has 2 aromatic rings. The molecule has 186 valence electrons. The molecule has 0 saturated carbocycles. The zero-order chi connectivity index (χ0) is 24.3. The first-order valence-corrected chi connectivity index (χ1v) is 12.5. The van der Waals surface area contributed by atoms with Gasteiger partial charge in [0, 0.05) is 41.9 Å². The maximum Gasteiger partial charge on any atom is 0.259 e. The van der Waals surface area contributed by atoms with Crippen molar-refractivity contribution in [2.75, 3.05) is 49.3 Å². The van der Waals surface area contributed by atoms with Gasteiger partial charge in [0.1, 0.15) is 0 Å². The lowest BCUT2D eigenvalue weighted by atomic mass is 9.84. The highest BCUT2D eigenvalue weighted by Gasteiger charge is 2.37. The van der Waals surface area contributed by atoms with Crippen LogP contribution >= 0.6 is 0 Å². The van der Waals surface area contributed by atoms with Crippen molar-refractivity contribution in [3.8, 4) is 0 Å². The van der Waals surface area contributed by atoms with Crippen LogP contribution in [0.3, 0.4) is 0 Å². The number of nitrogen functional groups attached to an aromatic ring is 2. The number of hydrogen-bond acceptors (Lipinski definition) is 7. The number of anilines is 3. The maximum atomic E-state index is 14.5. The van der Waals surface area contributed by atoms with E-state index in [9.17, 15) is 4.79 Å². The van der Waals surface area contributed by atoms with E-state index in [-0.39, 0.29) is 30.3 Å². The quantitative estimate of drug-likeness (QED) is 0.396. The number of nitrogens with two attached hydrogens (primary N) is 2. The van der Waals surface area contributed by atoms with Gasteiger partial charge in [0.15, 0.2) is 0 Å². The molecule has 4 atom stereocenters. The minimum atomic E-state index is -0.0556. The molecular weight excluding hydrogens is 446 g/mol. The number of carbonyl (C=O) groups excluding carboxylic acids is 1. The van der Waals surface area contributed by atoms with Crippen LogP contribution in [-0.4, -0.2) is 63.3 Å². The molecular formula is C27H33N3O5. The Labute approximate surface area is 205 Å². The van der Waals surface area contributed by atoms with Gasteiger partial charge in [-0.1, -0.05) is 0 Å². The predicted molar refractivity (Wildman–Crippen MR) is 133 cm³/mol. The van der Waals surface area contributed by atoms with Gasteiger partial charge in [-0.15, -0.1) is 0 Å². The summed E-state index contributed by atoms with van der Waals surface area (Å²) in [5.41, 5.74) is 20.9. The Hall–Kier alpha value is -2.65. The fourth-order valence-corrected chi connectivity index (χ4v) is 4.95. The van der Waals surface area contributed by atoms with Gasteiger partial charge in [0.25, 0.3) is 5.91 Å². The number of ether oxygens (including phenoxy) is 4. The van der Waals surface area contributed by atoms with Crippen molar-refractivity contribution in [2.24, 2.45) is 0 Å². The molecule has 4 heterocycles. The molecule has 4 aliphatic rings. The van der Waals surface area contributed by atoms with Gasteiger partial charge in [0.2, 0.25) is 0 Å². The summed E-state index contributed by atoms with van der Waals surface area (Å²) in [6.45, 7) is 7.35. The Morgan fingerprint density at radius 3 is 1.94 bits per heavy atom. The molecule has 8 nitrogen and oxygen atoms in total. The Balaban J connectivity index is 1.48. The highest BCUT2D eigenvalue weighted by atomic mass is 16.6. The number of carbonyl (C=O) groups is 1. The molecule has 4 N–H and O–H groups in total. The zero-order valence-corrected chi connectivity index (χ0v) is 20.3. The summed E-state index contributed by atoms with van der Waals surface area (Å²) < 4.78 is 22.3. The second-order valence-corrected chi connectivity index (χ2v) is 10.2. The van der Waals surface area contributed by atoms with Crippen molar-refractivity contribution in [3.63, 3.8) is 0 Å². The molecule has 4 aliphatic heterocycles. The van der Waals surface area contributed by atoms with Crippen molar-refractivity contribution >= 4 is 23.0 Å². The Bertz CT molecular complexity index is 1120. The molecule has 8 heteroatoms. The predicted octanol–water partition coefficient (Wildman–Crippen LogP) is 2.34. The highest BCUT2D eigenvalue weighted by Crippen LogP contribution is 2.38. The summed E-state index contributed by atoms with van der Waals surface area (Å²) in [7, 11) is 0. The Morgan fingerprint density at radius 2 is 1.40 bits per heavy atom. The molecule has 4 unspecified atom stereocenters. The van der Waals surface area contributed by atoms with E-state index in [0.717, 1.165) is 53.1 Å². The summed E-state index contributed by atoms with van der Waals surface area (Å²) in [4.78, 5) is 16.3. The molecule has 6 rings (SSSR count). The zero-order valence-electron chi connectivity index (χ0n) is 20.3. The normalized spacial score (nSPS) is 25.9. The van der Waals surface area contributed by atoms with Gasteiger partial charge in [-0.2, -0.15) is 0 Å². The first kappa shape index (κ1) is 22.8. The summed E-state index contributed by atoms with van der Waals surface area (Å²) >= 11 is 0. The average Bonchev–Trinajstić information content (AvgIpc) is 3.67. The topological polar surface area (TPSA) is 122 Å². The largest absolute Gasteiger partial charge is 0.399 e. The van der Waals surface area contributed by atoms with Crippen LogP contribution in [0.2, 0.25) is 0 Å². The summed E-state index contributed by atoms with van der Waals surface area (Å²) in [5.74, 6) is -0.0556. The number of hydrogen-bond donors (Lipinski definition) is 2. The van der Waals surface area contributed by atoms with Gasteiger partial charge in [-0.05, 0) is 59.9 Å². The van der Waals surface area contributed by atoms with Gasteiger partial charge in [-0.25, -0.2) is 0 Å².